The van der Waals surface area contributed by atoms with E-state index in [1.807, 2.05) is 19.9 Å². The average Bonchev–Trinajstić information content (AvgIpc) is 2.84. The van der Waals surface area contributed by atoms with Gasteiger partial charge in [-0.3, -0.25) is 19.3 Å². The third-order valence-electron chi connectivity index (χ3n) is 3.37. The van der Waals surface area contributed by atoms with E-state index in [1.54, 1.807) is 19.1 Å². The van der Waals surface area contributed by atoms with E-state index in [4.69, 9.17) is 14.2 Å². The lowest BCUT2D eigenvalue weighted by atomic mass is 10.2. The maximum Gasteiger partial charge on any atom is 0.326 e. The van der Waals surface area contributed by atoms with Crippen LogP contribution in [0, 0.1) is 3.57 Å². The normalized spacial score (nSPS) is 15.6. The largest absolute Gasteiger partial charge is 0.493 e. The van der Waals surface area contributed by atoms with Crippen LogP contribution in [-0.4, -0.2) is 48.4 Å². The van der Waals surface area contributed by atoms with Gasteiger partial charge in [0, 0.05) is 0 Å². The van der Waals surface area contributed by atoms with Gasteiger partial charge in [-0.2, -0.15) is 0 Å². The van der Waals surface area contributed by atoms with Crippen LogP contribution in [0.3, 0.4) is 0 Å². The molecule has 0 radical (unpaired) electrons. The summed E-state index contributed by atoms with van der Waals surface area (Å²) in [6.07, 6.45) is 1.58. The van der Waals surface area contributed by atoms with E-state index in [0.717, 1.165) is 20.2 Å². The van der Waals surface area contributed by atoms with Crippen LogP contribution in [0.5, 0.6) is 11.5 Å². The zero-order chi connectivity index (χ0) is 20.1. The van der Waals surface area contributed by atoms with Gasteiger partial charge < -0.3 is 14.2 Å². The first-order valence-electron chi connectivity index (χ1n) is 8.22. The minimum absolute atomic E-state index is 0.0161. The molecule has 0 unspecified atom stereocenters. The quantitative estimate of drug-likeness (QED) is 0.318. The van der Waals surface area contributed by atoms with Gasteiger partial charge in [0.05, 0.1) is 28.3 Å². The summed E-state index contributed by atoms with van der Waals surface area (Å²) in [4.78, 5) is 37.2. The summed E-state index contributed by atoms with van der Waals surface area (Å²) in [7, 11) is 1.54. The van der Waals surface area contributed by atoms with E-state index in [1.165, 1.54) is 7.11 Å². The zero-order valence-electron chi connectivity index (χ0n) is 15.4. The predicted octanol–water partition coefficient (Wildman–Crippen LogP) is 3.69. The summed E-state index contributed by atoms with van der Waals surface area (Å²) in [6, 6.07) is 3.57. The molecule has 1 fully saturated rings. The molecule has 146 valence electrons. The number of halogens is 1. The van der Waals surface area contributed by atoms with E-state index >= 15 is 0 Å². The fraction of sp³-hybridized carbons (Fsp3) is 0.389. The van der Waals surface area contributed by atoms with E-state index in [-0.39, 0.29) is 17.6 Å². The van der Waals surface area contributed by atoms with E-state index in [0.29, 0.717) is 17.1 Å². The van der Waals surface area contributed by atoms with Crippen LogP contribution >= 0.6 is 34.4 Å². The standard InChI is InChI=1S/C18H20INO6S/c1-5-25-15(21)9-20-17(22)14(27-18(20)23)8-11-6-12(19)16(26-10(2)3)13(7-11)24-4/h6-8,10H,5,9H2,1-4H3/b14-8+. The molecule has 27 heavy (non-hydrogen) atoms. The van der Waals surface area contributed by atoms with Crippen molar-refractivity contribution in [2.45, 2.75) is 26.9 Å². The Morgan fingerprint density at radius 2 is 2.04 bits per heavy atom. The average molecular weight is 505 g/mol. The van der Waals surface area contributed by atoms with Gasteiger partial charge in [-0.1, -0.05) is 0 Å². The number of nitrogens with zero attached hydrogens (tertiary/aromatic N) is 1. The molecular formula is C18H20INO6S. The summed E-state index contributed by atoms with van der Waals surface area (Å²) >= 11 is 2.92. The van der Waals surface area contributed by atoms with Gasteiger partial charge in [0.1, 0.15) is 6.54 Å². The highest BCUT2D eigenvalue weighted by atomic mass is 127. The van der Waals surface area contributed by atoms with Gasteiger partial charge in [0.25, 0.3) is 11.1 Å². The number of carbonyl (C=O) groups is 3. The number of ether oxygens (including phenoxy) is 3. The second-order valence-corrected chi connectivity index (χ2v) is 7.93. The van der Waals surface area contributed by atoms with Crippen molar-refractivity contribution in [1.29, 1.82) is 0 Å². The lowest BCUT2D eigenvalue weighted by Gasteiger charge is -2.16. The van der Waals surface area contributed by atoms with E-state index in [2.05, 4.69) is 22.6 Å². The lowest BCUT2D eigenvalue weighted by molar-refractivity contribution is -0.145. The van der Waals surface area contributed by atoms with Crippen LogP contribution in [0.1, 0.15) is 26.3 Å². The molecule has 1 heterocycles. The molecule has 9 heteroatoms. The van der Waals surface area contributed by atoms with Crippen molar-refractivity contribution < 1.29 is 28.6 Å². The molecule has 1 aliphatic heterocycles. The van der Waals surface area contributed by atoms with Crippen molar-refractivity contribution in [2.75, 3.05) is 20.3 Å². The highest BCUT2D eigenvalue weighted by molar-refractivity contribution is 14.1. The summed E-state index contributed by atoms with van der Waals surface area (Å²) in [5, 5.41) is -0.499. The smallest absolute Gasteiger partial charge is 0.326 e. The Bertz CT molecular complexity index is 792. The zero-order valence-corrected chi connectivity index (χ0v) is 18.4. The Kier molecular flexibility index (Phi) is 7.54. The molecule has 0 bridgehead atoms. The van der Waals surface area contributed by atoms with E-state index in [9.17, 15) is 14.4 Å². The molecular weight excluding hydrogens is 485 g/mol. The maximum atomic E-state index is 12.5. The molecule has 0 saturated carbocycles. The molecule has 0 atom stereocenters. The molecule has 2 rings (SSSR count). The van der Waals surface area contributed by atoms with Gasteiger partial charge in [-0.15, -0.1) is 0 Å². The number of carbonyl (C=O) groups excluding carboxylic acids is 3. The first-order valence-corrected chi connectivity index (χ1v) is 10.1. The minimum Gasteiger partial charge on any atom is -0.493 e. The second-order valence-electron chi connectivity index (χ2n) is 5.77. The number of thioether (sulfide) groups is 1. The number of amides is 2. The number of rotatable bonds is 7. The predicted molar refractivity (Wildman–Crippen MR) is 111 cm³/mol. The third-order valence-corrected chi connectivity index (χ3v) is 5.08. The van der Waals surface area contributed by atoms with Gasteiger partial charge in [-0.25, -0.2) is 0 Å². The summed E-state index contributed by atoms with van der Waals surface area (Å²) < 4.78 is 16.8. The summed E-state index contributed by atoms with van der Waals surface area (Å²) in [6.45, 7) is 5.30. The lowest BCUT2D eigenvalue weighted by Crippen LogP contribution is -2.34. The fourth-order valence-corrected chi connectivity index (χ4v) is 3.89. The van der Waals surface area contributed by atoms with Crippen molar-refractivity contribution in [3.05, 3.63) is 26.2 Å². The molecule has 0 aliphatic carbocycles. The van der Waals surface area contributed by atoms with Crippen molar-refractivity contribution in [2.24, 2.45) is 0 Å². The topological polar surface area (TPSA) is 82.1 Å². The molecule has 1 aromatic carbocycles. The highest BCUT2D eigenvalue weighted by Crippen LogP contribution is 2.37. The van der Waals surface area contributed by atoms with Crippen LogP contribution in [-0.2, 0) is 14.3 Å². The fourth-order valence-electron chi connectivity index (χ4n) is 2.30. The number of benzene rings is 1. The SMILES string of the molecule is CCOC(=O)CN1C(=O)S/C(=C/c2cc(I)c(OC(C)C)c(OC)c2)C1=O. The number of esters is 1. The molecule has 0 spiro atoms. The number of methoxy groups -OCH3 is 1. The molecule has 1 aromatic rings. The molecule has 0 aromatic heterocycles. The van der Waals surface area contributed by atoms with Gasteiger partial charge in [0.2, 0.25) is 0 Å². The van der Waals surface area contributed by atoms with Crippen molar-refractivity contribution >= 4 is 57.5 Å². The van der Waals surface area contributed by atoms with Gasteiger partial charge in [-0.05, 0) is 78.9 Å². The Labute approximate surface area is 175 Å². The summed E-state index contributed by atoms with van der Waals surface area (Å²) in [5.41, 5.74) is 0.689. The van der Waals surface area contributed by atoms with Crippen LogP contribution < -0.4 is 9.47 Å². The Hall–Kier alpha value is -1.75. The second kappa shape index (κ2) is 9.45. The van der Waals surface area contributed by atoms with Crippen molar-refractivity contribution in [3.8, 4) is 11.5 Å². The van der Waals surface area contributed by atoms with E-state index < -0.39 is 23.7 Å². The van der Waals surface area contributed by atoms with Gasteiger partial charge >= 0.3 is 5.97 Å². The molecule has 0 N–H and O–H groups in total. The highest BCUT2D eigenvalue weighted by Gasteiger charge is 2.36. The van der Waals surface area contributed by atoms with Crippen molar-refractivity contribution in [1.82, 2.24) is 4.90 Å². The maximum absolute atomic E-state index is 12.5. The Morgan fingerprint density at radius 3 is 2.63 bits per heavy atom. The third kappa shape index (κ3) is 5.38. The van der Waals surface area contributed by atoms with Crippen molar-refractivity contribution in [3.63, 3.8) is 0 Å². The van der Waals surface area contributed by atoms with Crippen LogP contribution in [0.4, 0.5) is 4.79 Å². The first kappa shape index (κ1) is 21.5. The van der Waals surface area contributed by atoms with Crippen LogP contribution in [0.2, 0.25) is 0 Å². The molecule has 1 saturated heterocycles. The molecule has 2 amide bonds. The van der Waals surface area contributed by atoms with Gasteiger partial charge in [0.15, 0.2) is 11.5 Å². The Balaban J connectivity index is 2.28. The summed E-state index contributed by atoms with van der Waals surface area (Å²) in [5.74, 6) is 0.0234. The number of hydrogen-bond donors (Lipinski definition) is 0. The minimum atomic E-state index is -0.618. The molecule has 1 aliphatic rings. The first-order chi connectivity index (χ1) is 12.8. The number of hydrogen-bond acceptors (Lipinski definition) is 7. The number of imide groups is 1. The monoisotopic (exact) mass is 505 g/mol. The molecule has 7 nitrogen and oxygen atoms in total. The Morgan fingerprint density at radius 1 is 1.33 bits per heavy atom. The van der Waals surface area contributed by atoms with Crippen LogP contribution in [0.25, 0.3) is 6.08 Å². The van der Waals surface area contributed by atoms with Crippen LogP contribution in [0.15, 0.2) is 17.0 Å².